The normalized spacial score (nSPS) is 9.35. The fraction of sp³-hybridized carbons (Fsp3) is 0.214. The molecule has 0 unspecified atom stereocenters. The van der Waals surface area contributed by atoms with Crippen LogP contribution in [0.25, 0.3) is 0 Å². The maximum absolute atomic E-state index is 11.4. The van der Waals surface area contributed by atoms with Gasteiger partial charge in [-0.15, -0.1) is 0 Å². The Morgan fingerprint density at radius 2 is 1.82 bits per heavy atom. The van der Waals surface area contributed by atoms with Crippen LogP contribution in [0.5, 0.6) is 5.75 Å². The molecule has 3 nitrogen and oxygen atoms in total. The number of hydrogen-bond acceptors (Lipinski definition) is 3. The number of rotatable bonds is 3. The minimum atomic E-state index is -0.488. The van der Waals surface area contributed by atoms with Gasteiger partial charge < -0.3 is 9.84 Å². The molecular weight excluding hydrogens is 216 g/mol. The molecule has 3 heteroatoms. The first-order valence-corrected chi connectivity index (χ1v) is 5.46. The van der Waals surface area contributed by atoms with Crippen LogP contribution >= 0.6 is 0 Å². The topological polar surface area (TPSA) is 46.5 Å². The second-order valence-corrected chi connectivity index (χ2v) is 2.90. The Kier molecular flexibility index (Phi) is 7.19. The van der Waals surface area contributed by atoms with E-state index in [4.69, 9.17) is 9.84 Å². The predicted molar refractivity (Wildman–Crippen MR) is 68.8 cm³/mol. The molecule has 1 N–H and O–H groups in total. The van der Waals surface area contributed by atoms with Gasteiger partial charge in [-0.25, -0.2) is 4.79 Å². The van der Waals surface area contributed by atoms with E-state index in [1.54, 1.807) is 19.1 Å². The highest BCUT2D eigenvalue weighted by atomic mass is 16.5. The lowest BCUT2D eigenvalue weighted by molar-refractivity contribution is 0.0638. The molecule has 1 rings (SSSR count). The van der Waals surface area contributed by atoms with Crippen molar-refractivity contribution < 1.29 is 14.6 Å². The van der Waals surface area contributed by atoms with Crippen LogP contribution in [0.4, 0.5) is 0 Å². The zero-order valence-corrected chi connectivity index (χ0v) is 10.4. The predicted octanol–water partition coefficient (Wildman–Crippen LogP) is 3.67. The Morgan fingerprint density at radius 1 is 1.29 bits per heavy atom. The van der Waals surface area contributed by atoms with Crippen LogP contribution < -0.4 is 0 Å². The number of ether oxygens (including phenoxy) is 1. The molecule has 0 spiro atoms. The maximum Gasteiger partial charge on any atom is 0.343 e. The molecule has 1 aromatic rings. The average molecular weight is 234 g/mol. The van der Waals surface area contributed by atoms with Crippen molar-refractivity contribution in [2.75, 3.05) is 0 Å². The molecule has 0 atom stereocenters. The van der Waals surface area contributed by atoms with Crippen LogP contribution in [-0.2, 0) is 4.74 Å². The third-order valence-corrected chi connectivity index (χ3v) is 1.68. The summed E-state index contributed by atoms with van der Waals surface area (Å²) in [6.45, 7) is 9.35. The number of allylic oxidation sites excluding steroid dienone is 2. The third kappa shape index (κ3) is 5.56. The van der Waals surface area contributed by atoms with E-state index < -0.39 is 5.97 Å². The van der Waals surface area contributed by atoms with Crippen LogP contribution in [0.3, 0.4) is 0 Å². The van der Waals surface area contributed by atoms with E-state index in [1.807, 2.05) is 13.8 Å². The van der Waals surface area contributed by atoms with E-state index in [0.717, 1.165) is 0 Å². The van der Waals surface area contributed by atoms with Crippen molar-refractivity contribution in [1.29, 1.82) is 0 Å². The highest BCUT2D eigenvalue weighted by Gasteiger charge is 2.07. The van der Waals surface area contributed by atoms with Crippen molar-refractivity contribution in [2.24, 2.45) is 0 Å². The summed E-state index contributed by atoms with van der Waals surface area (Å²) in [4.78, 5) is 11.4. The molecule has 92 valence electrons. The number of esters is 1. The minimum absolute atomic E-state index is 0.110. The number of carbonyl (C=O) groups excluding carboxylic acids is 1. The molecule has 0 fully saturated rings. The Morgan fingerprint density at radius 3 is 2.29 bits per heavy atom. The van der Waals surface area contributed by atoms with Gasteiger partial charge in [-0.1, -0.05) is 26.5 Å². The van der Waals surface area contributed by atoms with Crippen LogP contribution in [0.2, 0.25) is 0 Å². The zero-order valence-electron chi connectivity index (χ0n) is 10.4. The zero-order chi connectivity index (χ0) is 13.3. The molecule has 0 aromatic heterocycles. The first-order chi connectivity index (χ1) is 8.13. The van der Waals surface area contributed by atoms with Crippen LogP contribution in [0.1, 0.15) is 31.1 Å². The Bertz CT molecular complexity index is 388. The molecular formula is C14H18O3. The maximum atomic E-state index is 11.4. The fourth-order valence-corrected chi connectivity index (χ4v) is 0.995. The summed E-state index contributed by atoms with van der Waals surface area (Å²) in [7, 11) is 0. The summed E-state index contributed by atoms with van der Waals surface area (Å²) >= 11 is 0. The number of benzene rings is 1. The average Bonchev–Trinajstić information content (AvgIpc) is 2.32. The SMILES string of the molecule is C=C(/C=C\C)OC(=O)c1ccc(O)cc1.CC. The lowest BCUT2D eigenvalue weighted by atomic mass is 10.2. The summed E-state index contributed by atoms with van der Waals surface area (Å²) < 4.78 is 4.91. The number of carbonyl (C=O) groups is 1. The van der Waals surface area contributed by atoms with E-state index in [-0.39, 0.29) is 11.5 Å². The monoisotopic (exact) mass is 234 g/mol. The van der Waals surface area contributed by atoms with Crippen molar-refractivity contribution in [1.82, 2.24) is 0 Å². The number of aromatic hydroxyl groups is 1. The highest BCUT2D eigenvalue weighted by molar-refractivity contribution is 5.90. The molecule has 0 saturated carbocycles. The van der Waals surface area contributed by atoms with E-state index in [9.17, 15) is 4.79 Å². The molecule has 0 saturated heterocycles. The van der Waals surface area contributed by atoms with Gasteiger partial charge in [0.15, 0.2) is 0 Å². The van der Waals surface area contributed by atoms with Gasteiger partial charge in [-0.2, -0.15) is 0 Å². The summed E-state index contributed by atoms with van der Waals surface area (Å²) in [5, 5.41) is 9.02. The second-order valence-electron chi connectivity index (χ2n) is 2.90. The van der Waals surface area contributed by atoms with Crippen molar-refractivity contribution in [3.8, 4) is 5.75 Å². The largest absolute Gasteiger partial charge is 0.508 e. The molecule has 0 radical (unpaired) electrons. The molecule has 0 bridgehead atoms. The quantitative estimate of drug-likeness (QED) is 0.493. The first-order valence-electron chi connectivity index (χ1n) is 5.46. The van der Waals surface area contributed by atoms with Gasteiger partial charge in [0.1, 0.15) is 11.5 Å². The Labute approximate surface area is 102 Å². The third-order valence-electron chi connectivity index (χ3n) is 1.68. The van der Waals surface area contributed by atoms with Gasteiger partial charge >= 0.3 is 5.97 Å². The number of phenolic OH excluding ortho intramolecular Hbond substituents is 1. The highest BCUT2D eigenvalue weighted by Crippen LogP contribution is 2.11. The first kappa shape index (κ1) is 15.0. The molecule has 0 aliphatic carbocycles. The second kappa shape index (κ2) is 8.16. The summed E-state index contributed by atoms with van der Waals surface area (Å²) in [6.07, 6.45) is 3.32. The lowest BCUT2D eigenvalue weighted by Gasteiger charge is -2.03. The van der Waals surface area contributed by atoms with Crippen molar-refractivity contribution in [2.45, 2.75) is 20.8 Å². The van der Waals surface area contributed by atoms with Gasteiger partial charge in [0.25, 0.3) is 0 Å². The Balaban J connectivity index is 0.00000121. The summed E-state index contributed by atoms with van der Waals surface area (Å²) in [5.74, 6) is -0.0903. The van der Waals surface area contributed by atoms with Gasteiger partial charge in [-0.3, -0.25) is 0 Å². The van der Waals surface area contributed by atoms with E-state index in [2.05, 4.69) is 6.58 Å². The Hall–Kier alpha value is -2.03. The summed E-state index contributed by atoms with van der Waals surface area (Å²) in [5.41, 5.74) is 0.374. The van der Waals surface area contributed by atoms with Crippen molar-refractivity contribution in [3.63, 3.8) is 0 Å². The molecule has 0 aliphatic heterocycles. The van der Waals surface area contributed by atoms with Gasteiger partial charge in [0, 0.05) is 0 Å². The van der Waals surface area contributed by atoms with Crippen molar-refractivity contribution in [3.05, 3.63) is 54.3 Å². The van der Waals surface area contributed by atoms with E-state index >= 15 is 0 Å². The van der Waals surface area contributed by atoms with E-state index in [0.29, 0.717) is 5.56 Å². The van der Waals surface area contributed by atoms with Crippen molar-refractivity contribution >= 4 is 5.97 Å². The van der Waals surface area contributed by atoms with Crippen LogP contribution in [0.15, 0.2) is 48.8 Å². The minimum Gasteiger partial charge on any atom is -0.508 e. The van der Waals surface area contributed by atoms with Crippen LogP contribution in [-0.4, -0.2) is 11.1 Å². The number of phenols is 1. The number of hydrogen-bond donors (Lipinski definition) is 1. The lowest BCUT2D eigenvalue weighted by Crippen LogP contribution is -2.02. The molecule has 17 heavy (non-hydrogen) atoms. The standard InChI is InChI=1S/C12H12O3.C2H6/c1-3-4-9(2)15-12(14)10-5-7-11(13)8-6-10;1-2/h3-8,13H,2H2,1H3;1-2H3/b4-3-;. The molecule has 0 heterocycles. The van der Waals surface area contributed by atoms with Gasteiger partial charge in [0.2, 0.25) is 0 Å². The van der Waals surface area contributed by atoms with Gasteiger partial charge in [0.05, 0.1) is 5.56 Å². The molecule has 1 aromatic carbocycles. The fourth-order valence-electron chi connectivity index (χ4n) is 0.995. The van der Waals surface area contributed by atoms with Crippen LogP contribution in [0, 0.1) is 0 Å². The molecule has 0 aliphatic rings. The summed E-state index contributed by atoms with van der Waals surface area (Å²) in [6, 6.07) is 5.82. The smallest absolute Gasteiger partial charge is 0.343 e. The van der Waals surface area contributed by atoms with E-state index in [1.165, 1.54) is 24.3 Å². The molecule has 0 amide bonds. The van der Waals surface area contributed by atoms with Gasteiger partial charge in [-0.05, 0) is 37.3 Å².